The fraction of sp³-hybridized carbons (Fsp3) is 0.500. The molecule has 1 aromatic carbocycles. The Morgan fingerprint density at radius 2 is 2.00 bits per heavy atom. The molecule has 2 N–H and O–H groups in total. The van der Waals surface area contributed by atoms with Crippen molar-refractivity contribution in [2.45, 2.75) is 83.0 Å². The molecule has 210 valence electrons. The maximum Gasteiger partial charge on any atom is 0.410 e. The van der Waals surface area contributed by atoms with Gasteiger partial charge in [0.15, 0.2) is 0 Å². The summed E-state index contributed by atoms with van der Waals surface area (Å²) in [6.45, 7) is 4.35. The highest BCUT2D eigenvalue weighted by Gasteiger charge is 2.54. The fourth-order valence-electron chi connectivity index (χ4n) is 5.04. The minimum Gasteiger partial charge on any atom is -0.459 e. The number of hydrogen-bond donors (Lipinski definition) is 2. The third kappa shape index (κ3) is 8.73. The maximum absolute atomic E-state index is 13.1. The second-order valence-corrected chi connectivity index (χ2v) is 11.5. The number of alkyl carbamates (subject to hydrolysis) is 1. The van der Waals surface area contributed by atoms with Crippen molar-refractivity contribution in [2.24, 2.45) is 5.92 Å². The van der Waals surface area contributed by atoms with E-state index in [0.29, 0.717) is 24.5 Å². The lowest BCUT2D eigenvalue weighted by molar-refractivity contribution is -0.281. The number of nitrogens with one attached hydrogen (secondary N) is 2. The summed E-state index contributed by atoms with van der Waals surface area (Å²) in [5.41, 5.74) is 1.86. The van der Waals surface area contributed by atoms with E-state index in [1.54, 1.807) is 0 Å². The Hall–Kier alpha value is -3.04. The quantitative estimate of drug-likeness (QED) is 0.454. The minimum atomic E-state index is -1.47. The molecule has 3 aliphatic heterocycles. The molecule has 8 nitrogen and oxygen atoms in total. The number of carbonyl (C=O) groups is 3. The van der Waals surface area contributed by atoms with E-state index in [9.17, 15) is 14.4 Å². The van der Waals surface area contributed by atoms with Gasteiger partial charge in [0.25, 0.3) is 5.24 Å². The number of amides is 2. The van der Waals surface area contributed by atoms with E-state index in [0.717, 1.165) is 42.2 Å². The number of allylic oxidation sites excluding steroid dienone is 5. The molecule has 3 aliphatic rings. The van der Waals surface area contributed by atoms with Gasteiger partial charge in [-0.3, -0.25) is 4.79 Å². The SMILES string of the molecule is CC1=CC(=O)OC2CC(CCC(C)C=CC=CCC1)OC(OC(=O)NCc1ccccc1)(C1CSC(=O)N1)C2. The molecule has 0 aliphatic carbocycles. The molecule has 2 amide bonds. The highest BCUT2D eigenvalue weighted by atomic mass is 32.2. The van der Waals surface area contributed by atoms with Crippen LogP contribution in [0.3, 0.4) is 0 Å². The summed E-state index contributed by atoms with van der Waals surface area (Å²) in [6.07, 6.45) is 12.1. The van der Waals surface area contributed by atoms with Gasteiger partial charge >= 0.3 is 12.1 Å². The monoisotopic (exact) mass is 554 g/mol. The van der Waals surface area contributed by atoms with Crippen LogP contribution in [-0.4, -0.2) is 47.1 Å². The molecule has 4 rings (SSSR count). The van der Waals surface area contributed by atoms with Gasteiger partial charge in [-0.2, -0.15) is 0 Å². The van der Waals surface area contributed by atoms with Crippen LogP contribution >= 0.6 is 11.8 Å². The van der Waals surface area contributed by atoms with E-state index in [1.165, 1.54) is 6.08 Å². The first kappa shape index (κ1) is 29.0. The smallest absolute Gasteiger partial charge is 0.410 e. The van der Waals surface area contributed by atoms with Gasteiger partial charge in [-0.05, 0) is 44.1 Å². The van der Waals surface area contributed by atoms with Gasteiger partial charge in [0.1, 0.15) is 12.1 Å². The number of benzene rings is 1. The number of rotatable bonds is 4. The third-order valence-corrected chi connectivity index (χ3v) is 8.02. The number of fused-ring (bicyclic) bond motifs is 2. The topological polar surface area (TPSA) is 103 Å². The van der Waals surface area contributed by atoms with Crippen LogP contribution in [0.15, 0.2) is 66.3 Å². The lowest BCUT2D eigenvalue weighted by atomic mass is 9.90. The molecule has 5 atom stereocenters. The molecule has 2 saturated heterocycles. The van der Waals surface area contributed by atoms with Gasteiger partial charge < -0.3 is 24.8 Å². The maximum atomic E-state index is 13.1. The van der Waals surface area contributed by atoms with Crippen LogP contribution < -0.4 is 10.6 Å². The highest BCUT2D eigenvalue weighted by molar-refractivity contribution is 8.14. The fourth-order valence-corrected chi connectivity index (χ4v) is 5.92. The Balaban J connectivity index is 1.57. The molecule has 0 radical (unpaired) electrons. The van der Waals surface area contributed by atoms with E-state index in [2.05, 4.69) is 35.8 Å². The average molecular weight is 555 g/mol. The van der Waals surface area contributed by atoms with Crippen molar-refractivity contribution >= 4 is 29.1 Å². The molecule has 9 heteroatoms. The largest absolute Gasteiger partial charge is 0.459 e. The zero-order chi connectivity index (χ0) is 27.7. The molecule has 39 heavy (non-hydrogen) atoms. The lowest BCUT2D eigenvalue weighted by Gasteiger charge is -2.46. The summed E-state index contributed by atoms with van der Waals surface area (Å²) < 4.78 is 18.5. The van der Waals surface area contributed by atoms with Gasteiger partial charge in [-0.25, -0.2) is 9.59 Å². The van der Waals surface area contributed by atoms with E-state index in [4.69, 9.17) is 14.2 Å². The van der Waals surface area contributed by atoms with E-state index in [1.807, 2.05) is 43.3 Å². The lowest BCUT2D eigenvalue weighted by Crippen LogP contribution is -2.61. The van der Waals surface area contributed by atoms with Crippen LogP contribution in [0.5, 0.6) is 0 Å². The predicted octanol–water partition coefficient (Wildman–Crippen LogP) is 5.79. The molecule has 1 aromatic rings. The summed E-state index contributed by atoms with van der Waals surface area (Å²) in [4.78, 5) is 38.1. The van der Waals surface area contributed by atoms with Crippen molar-refractivity contribution in [3.8, 4) is 0 Å². The van der Waals surface area contributed by atoms with Gasteiger partial charge in [0, 0.05) is 24.8 Å². The van der Waals surface area contributed by atoms with Crippen LogP contribution in [0.1, 0.15) is 57.9 Å². The summed E-state index contributed by atoms with van der Waals surface area (Å²) in [7, 11) is 0. The molecular weight excluding hydrogens is 516 g/mol. The summed E-state index contributed by atoms with van der Waals surface area (Å²) >= 11 is 1.12. The number of ether oxygens (including phenoxy) is 3. The van der Waals surface area contributed by atoms with Crippen molar-refractivity contribution in [3.05, 3.63) is 71.8 Å². The van der Waals surface area contributed by atoms with Gasteiger partial charge in [-0.1, -0.05) is 78.9 Å². The predicted molar refractivity (Wildman–Crippen MR) is 151 cm³/mol. The summed E-state index contributed by atoms with van der Waals surface area (Å²) in [5, 5.41) is 5.50. The summed E-state index contributed by atoms with van der Waals surface area (Å²) in [6, 6.07) is 8.94. The van der Waals surface area contributed by atoms with Crippen LogP contribution in [0.25, 0.3) is 0 Å². The molecule has 5 unspecified atom stereocenters. The number of carbonyl (C=O) groups excluding carboxylic acids is 3. The summed E-state index contributed by atoms with van der Waals surface area (Å²) in [5.74, 6) is -1.21. The normalized spacial score (nSPS) is 30.2. The Labute approximate surface area is 234 Å². The Bertz CT molecular complexity index is 1100. The van der Waals surface area contributed by atoms with Gasteiger partial charge in [0.2, 0.25) is 5.79 Å². The molecule has 0 aromatic heterocycles. The molecule has 0 spiro atoms. The van der Waals surface area contributed by atoms with Gasteiger partial charge in [-0.15, -0.1) is 0 Å². The molecule has 2 fully saturated rings. The average Bonchev–Trinajstić information content (AvgIpc) is 3.35. The van der Waals surface area contributed by atoms with E-state index >= 15 is 0 Å². The number of hydrogen-bond acceptors (Lipinski definition) is 7. The molecule has 2 bridgehead atoms. The van der Waals surface area contributed by atoms with Crippen molar-refractivity contribution < 1.29 is 28.6 Å². The van der Waals surface area contributed by atoms with E-state index < -0.39 is 30.0 Å². The first-order valence-corrected chi connectivity index (χ1v) is 14.6. The zero-order valence-electron chi connectivity index (χ0n) is 22.6. The molecule has 0 saturated carbocycles. The number of esters is 1. The van der Waals surface area contributed by atoms with Crippen molar-refractivity contribution in [2.75, 3.05) is 5.75 Å². The Kier molecular flexibility index (Phi) is 10.3. The van der Waals surface area contributed by atoms with Crippen LogP contribution in [0.2, 0.25) is 0 Å². The minimum absolute atomic E-state index is 0.130. The molecular formula is C30H38N2O6S. The Morgan fingerprint density at radius 1 is 1.18 bits per heavy atom. The highest BCUT2D eigenvalue weighted by Crippen LogP contribution is 2.39. The van der Waals surface area contributed by atoms with Crippen LogP contribution in [0, 0.1) is 5.92 Å². The van der Waals surface area contributed by atoms with Crippen molar-refractivity contribution in [1.82, 2.24) is 10.6 Å². The second kappa shape index (κ2) is 13.8. The third-order valence-electron chi connectivity index (χ3n) is 7.14. The van der Waals surface area contributed by atoms with Crippen LogP contribution in [-0.2, 0) is 25.5 Å². The first-order chi connectivity index (χ1) is 18.8. The Morgan fingerprint density at radius 3 is 2.77 bits per heavy atom. The second-order valence-electron chi connectivity index (χ2n) is 10.5. The zero-order valence-corrected chi connectivity index (χ0v) is 23.4. The van der Waals surface area contributed by atoms with Crippen molar-refractivity contribution in [3.63, 3.8) is 0 Å². The first-order valence-electron chi connectivity index (χ1n) is 13.6. The number of thioether (sulfide) groups is 1. The van der Waals surface area contributed by atoms with E-state index in [-0.39, 0.29) is 24.3 Å². The van der Waals surface area contributed by atoms with Crippen molar-refractivity contribution in [1.29, 1.82) is 0 Å². The molecule has 3 heterocycles. The standard InChI is InChI=1S/C30H38N2O6S/c1-21-10-6-3-4-7-11-22(2)16-27(33)36-25-17-24(15-14-21)37-30(18-25,26-20-39-29(35)32-26)38-28(34)31-19-23-12-8-5-9-13-23/h3-6,8-10,12-13,16,21,24-26H,7,11,14-15,17-20H2,1-2H3,(H,31,34)(H,32,35). The van der Waals surface area contributed by atoms with Gasteiger partial charge in [0.05, 0.1) is 12.5 Å². The van der Waals surface area contributed by atoms with Crippen LogP contribution in [0.4, 0.5) is 9.59 Å².